The summed E-state index contributed by atoms with van der Waals surface area (Å²) in [5.41, 5.74) is 8.31. The molecule has 0 saturated heterocycles. The molecule has 0 fully saturated rings. The molecule has 0 N–H and O–H groups in total. The zero-order valence-electron chi connectivity index (χ0n) is 30.6. The Balaban J connectivity index is 0.000000162. The highest BCUT2D eigenvalue weighted by molar-refractivity contribution is 6.13. The summed E-state index contributed by atoms with van der Waals surface area (Å²) in [4.78, 5) is 55.8. The van der Waals surface area contributed by atoms with Crippen molar-refractivity contribution in [2.24, 2.45) is 0 Å². The van der Waals surface area contributed by atoms with Crippen LogP contribution in [0.5, 0.6) is 0 Å². The number of rotatable bonds is 4. The average Bonchev–Trinajstić information content (AvgIpc) is 3.45. The predicted molar refractivity (Wildman–Crippen MR) is 203 cm³/mol. The van der Waals surface area contributed by atoms with Gasteiger partial charge in [-0.2, -0.15) is 0 Å². The molecule has 0 spiro atoms. The summed E-state index contributed by atoms with van der Waals surface area (Å²) >= 11 is 0. The third kappa shape index (κ3) is 6.00. The van der Waals surface area contributed by atoms with Gasteiger partial charge in [0.05, 0.1) is 22.2 Å². The molecule has 6 heterocycles. The number of aryl methyl sites for hydroxylation is 4. The van der Waals surface area contributed by atoms with E-state index in [1.54, 1.807) is 40.8 Å². The highest BCUT2D eigenvalue weighted by atomic mass is 16.2. The number of pyridine rings is 2. The second-order valence-corrected chi connectivity index (χ2v) is 14.4. The molecule has 8 rings (SSSR count). The van der Waals surface area contributed by atoms with Gasteiger partial charge in [0, 0.05) is 47.8 Å². The normalized spacial score (nSPS) is 15.2. The first kappa shape index (κ1) is 34.3. The fourth-order valence-corrected chi connectivity index (χ4v) is 6.69. The van der Waals surface area contributed by atoms with E-state index in [2.05, 4.69) is 29.9 Å². The molecule has 0 saturated carbocycles. The summed E-state index contributed by atoms with van der Waals surface area (Å²) in [5.74, 6) is 2.83. The van der Waals surface area contributed by atoms with Crippen LogP contribution >= 0.6 is 0 Å². The van der Waals surface area contributed by atoms with E-state index in [1.165, 1.54) is 0 Å². The average molecular weight is 689 g/mol. The summed E-state index contributed by atoms with van der Waals surface area (Å²) in [6.45, 7) is 15.5. The molecule has 10 heteroatoms. The predicted octanol–water partition coefficient (Wildman–Crippen LogP) is 8.22. The first-order valence-electron chi connectivity index (χ1n) is 17.2. The lowest BCUT2D eigenvalue weighted by atomic mass is 9.85. The maximum atomic E-state index is 13.1. The molecule has 6 aromatic rings. The molecule has 0 radical (unpaired) electrons. The molecule has 4 aromatic heterocycles. The Morgan fingerprint density at radius 1 is 0.519 bits per heavy atom. The Hall–Kier alpha value is -6.16. The Morgan fingerprint density at radius 3 is 1.46 bits per heavy atom. The van der Waals surface area contributed by atoms with Gasteiger partial charge in [-0.05, 0) is 120 Å². The van der Waals surface area contributed by atoms with Gasteiger partial charge in [0.1, 0.15) is 23.3 Å². The fourth-order valence-electron chi connectivity index (χ4n) is 6.69. The zero-order chi connectivity index (χ0) is 36.9. The number of aromatic nitrogens is 6. The lowest BCUT2D eigenvalue weighted by molar-refractivity contribution is -0.122. The summed E-state index contributed by atoms with van der Waals surface area (Å²) in [5, 5.41) is 0. The summed E-state index contributed by atoms with van der Waals surface area (Å²) in [6, 6.07) is 21.7. The molecule has 0 unspecified atom stereocenters. The molecule has 2 aliphatic rings. The number of anilines is 4. The van der Waals surface area contributed by atoms with Gasteiger partial charge in [-0.1, -0.05) is 30.3 Å². The van der Waals surface area contributed by atoms with Crippen molar-refractivity contribution < 1.29 is 9.59 Å². The van der Waals surface area contributed by atoms with E-state index in [0.29, 0.717) is 11.6 Å². The number of amides is 2. The second kappa shape index (κ2) is 12.9. The smallest absolute Gasteiger partial charge is 0.242 e. The number of nitrogens with zero attached hydrogens (tertiary/aromatic N) is 8. The molecule has 0 bridgehead atoms. The van der Waals surface area contributed by atoms with Crippen molar-refractivity contribution in [3.05, 3.63) is 132 Å². The number of hydrogen-bond acceptors (Lipinski definition) is 8. The van der Waals surface area contributed by atoms with E-state index in [-0.39, 0.29) is 11.8 Å². The van der Waals surface area contributed by atoms with Crippen LogP contribution in [0, 0.1) is 27.7 Å². The Bertz CT molecular complexity index is 2180. The molecular weight excluding hydrogens is 649 g/mol. The molecule has 2 aromatic carbocycles. The van der Waals surface area contributed by atoms with Gasteiger partial charge in [-0.25, -0.2) is 29.9 Å². The van der Waals surface area contributed by atoms with Crippen molar-refractivity contribution in [3.8, 4) is 22.3 Å². The number of fused-ring (bicyclic) bond motifs is 2. The minimum atomic E-state index is -0.594. The van der Waals surface area contributed by atoms with E-state index in [9.17, 15) is 9.59 Å². The molecule has 260 valence electrons. The largest absolute Gasteiger partial charge is 0.273 e. The lowest BCUT2D eigenvalue weighted by Crippen LogP contribution is -2.33. The topological polar surface area (TPSA) is 118 Å². The fraction of sp³-hybridized carbons (Fsp3) is 0.238. The molecule has 10 nitrogen and oxygen atoms in total. The maximum Gasteiger partial charge on any atom is 0.242 e. The van der Waals surface area contributed by atoms with Crippen LogP contribution in [0.3, 0.4) is 0 Å². The molecular formula is C42H40N8O2. The van der Waals surface area contributed by atoms with Crippen molar-refractivity contribution in [1.29, 1.82) is 0 Å². The van der Waals surface area contributed by atoms with Crippen LogP contribution in [0.25, 0.3) is 22.3 Å². The highest BCUT2D eigenvalue weighted by Crippen LogP contribution is 2.47. The lowest BCUT2D eigenvalue weighted by Gasteiger charge is -2.19. The zero-order valence-corrected chi connectivity index (χ0v) is 30.6. The standard InChI is InChI=1S/2C21H20N4O/c1-13-7-8-22-19(9-13)25-18-10-15(16-11-23-14(2)24-12-16)5-6-17(18)21(3,4)20(25)26;1-13-6-5-7-19(24-13)25-18-10-15(16-11-22-14(2)23-12-16)8-9-17(18)21(3,4)20(25)26/h2*5-12H,1-4H3. The van der Waals surface area contributed by atoms with Crippen molar-refractivity contribution in [2.45, 2.75) is 66.2 Å². The highest BCUT2D eigenvalue weighted by Gasteiger charge is 2.46. The molecule has 52 heavy (non-hydrogen) atoms. The van der Waals surface area contributed by atoms with Crippen LogP contribution in [0.2, 0.25) is 0 Å². The quantitative estimate of drug-likeness (QED) is 0.182. The monoisotopic (exact) mass is 688 g/mol. The molecule has 2 aliphatic heterocycles. The van der Waals surface area contributed by atoms with Crippen LogP contribution in [-0.2, 0) is 20.4 Å². The number of carbonyl (C=O) groups is 2. The SMILES string of the molecule is Cc1cccc(N2C(=O)C(C)(C)c3ccc(-c4cnc(C)nc4)cc32)n1.Cc1ccnc(N2C(=O)C(C)(C)c3ccc(-c4cnc(C)nc4)cc32)c1. The van der Waals surface area contributed by atoms with Crippen molar-refractivity contribution in [3.63, 3.8) is 0 Å². The Morgan fingerprint density at radius 2 is 1.00 bits per heavy atom. The van der Waals surface area contributed by atoms with E-state index < -0.39 is 10.8 Å². The van der Waals surface area contributed by atoms with Gasteiger partial charge < -0.3 is 0 Å². The van der Waals surface area contributed by atoms with E-state index in [4.69, 9.17) is 0 Å². The minimum absolute atomic E-state index is 0.0305. The first-order valence-corrected chi connectivity index (χ1v) is 17.2. The third-order valence-electron chi connectivity index (χ3n) is 9.76. The van der Waals surface area contributed by atoms with Gasteiger partial charge in [0.2, 0.25) is 11.8 Å². The van der Waals surface area contributed by atoms with Crippen molar-refractivity contribution in [1.82, 2.24) is 29.9 Å². The number of benzene rings is 2. The van der Waals surface area contributed by atoms with Gasteiger partial charge in [0.25, 0.3) is 0 Å². The van der Waals surface area contributed by atoms with Gasteiger partial charge >= 0.3 is 0 Å². The first-order chi connectivity index (χ1) is 24.8. The summed E-state index contributed by atoms with van der Waals surface area (Å²) in [6.07, 6.45) is 8.96. The van der Waals surface area contributed by atoms with Crippen molar-refractivity contribution in [2.75, 3.05) is 9.80 Å². The van der Waals surface area contributed by atoms with E-state index in [0.717, 1.165) is 67.7 Å². The summed E-state index contributed by atoms with van der Waals surface area (Å²) in [7, 11) is 0. The summed E-state index contributed by atoms with van der Waals surface area (Å²) < 4.78 is 0. The number of hydrogen-bond donors (Lipinski definition) is 0. The van der Waals surface area contributed by atoms with Gasteiger partial charge in [-0.3, -0.25) is 19.4 Å². The van der Waals surface area contributed by atoms with Crippen LogP contribution in [-0.4, -0.2) is 41.7 Å². The van der Waals surface area contributed by atoms with Gasteiger partial charge in [0.15, 0.2) is 0 Å². The van der Waals surface area contributed by atoms with E-state index in [1.807, 2.05) is 122 Å². The van der Waals surface area contributed by atoms with Gasteiger partial charge in [-0.15, -0.1) is 0 Å². The third-order valence-corrected chi connectivity index (χ3v) is 9.76. The number of carbonyl (C=O) groups excluding carboxylic acids is 2. The minimum Gasteiger partial charge on any atom is -0.273 e. The molecule has 0 aliphatic carbocycles. The van der Waals surface area contributed by atoms with Crippen LogP contribution in [0.1, 0.15) is 61.7 Å². The maximum absolute atomic E-state index is 13.1. The second-order valence-electron chi connectivity index (χ2n) is 14.4. The van der Waals surface area contributed by atoms with Crippen molar-refractivity contribution >= 4 is 34.8 Å². The Labute approximate surface area is 303 Å². The van der Waals surface area contributed by atoms with E-state index >= 15 is 0 Å². The van der Waals surface area contributed by atoms with Crippen LogP contribution in [0.4, 0.5) is 23.0 Å². The Kier molecular flexibility index (Phi) is 8.49. The van der Waals surface area contributed by atoms with Crippen LogP contribution < -0.4 is 9.80 Å². The molecule has 0 atom stereocenters. The van der Waals surface area contributed by atoms with Crippen LogP contribution in [0.15, 0.2) is 97.7 Å². The molecule has 2 amide bonds.